The minimum Gasteiger partial charge on any atom is -0.349 e. The van der Waals surface area contributed by atoms with E-state index in [0.717, 1.165) is 11.0 Å². The van der Waals surface area contributed by atoms with Crippen molar-refractivity contribution in [2.24, 2.45) is 0 Å². The Morgan fingerprint density at radius 1 is 1.26 bits per heavy atom. The summed E-state index contributed by atoms with van der Waals surface area (Å²) in [5.41, 5.74) is 1.78. The Kier molecular flexibility index (Phi) is 4.68. The van der Waals surface area contributed by atoms with E-state index in [2.05, 4.69) is 38.4 Å². The highest BCUT2D eigenvalue weighted by Gasteiger charge is 2.10. The molecule has 0 spiro atoms. The van der Waals surface area contributed by atoms with Gasteiger partial charge >= 0.3 is 0 Å². The van der Waals surface area contributed by atoms with Gasteiger partial charge in [-0.3, -0.25) is 4.79 Å². The van der Waals surface area contributed by atoms with Gasteiger partial charge in [0.1, 0.15) is 4.60 Å². The summed E-state index contributed by atoms with van der Waals surface area (Å²) in [5.74, 6) is -0.0940. The third-order valence-corrected chi connectivity index (χ3v) is 3.22. The van der Waals surface area contributed by atoms with Crippen molar-refractivity contribution in [2.45, 2.75) is 19.4 Å². The van der Waals surface area contributed by atoms with Crippen LogP contribution in [-0.4, -0.2) is 16.9 Å². The lowest BCUT2D eigenvalue weighted by atomic mass is 10.1. The highest BCUT2D eigenvalue weighted by Crippen LogP contribution is 2.07. The molecule has 3 nitrogen and oxygen atoms in total. The lowest BCUT2D eigenvalue weighted by Crippen LogP contribution is -2.34. The largest absolute Gasteiger partial charge is 0.349 e. The zero-order valence-corrected chi connectivity index (χ0v) is 12.2. The number of amides is 1. The molecule has 1 atom stereocenters. The van der Waals surface area contributed by atoms with Gasteiger partial charge in [0.05, 0.1) is 5.56 Å². The molecule has 0 aliphatic carbocycles. The first-order valence-corrected chi connectivity index (χ1v) is 6.91. The molecule has 1 aromatic heterocycles. The zero-order chi connectivity index (χ0) is 13.7. The lowest BCUT2D eigenvalue weighted by Gasteiger charge is -2.13. The number of hydrogen-bond donors (Lipinski definition) is 1. The summed E-state index contributed by atoms with van der Waals surface area (Å²) in [7, 11) is 0. The first-order chi connectivity index (χ1) is 9.15. The monoisotopic (exact) mass is 318 g/mol. The summed E-state index contributed by atoms with van der Waals surface area (Å²) in [6.45, 7) is 2.00. The van der Waals surface area contributed by atoms with Crippen LogP contribution in [0.1, 0.15) is 22.8 Å². The molecule has 0 bridgehead atoms. The third kappa shape index (κ3) is 4.17. The second-order valence-electron chi connectivity index (χ2n) is 4.43. The van der Waals surface area contributed by atoms with Crippen LogP contribution in [0.4, 0.5) is 0 Å². The van der Waals surface area contributed by atoms with E-state index in [9.17, 15) is 4.79 Å². The minimum absolute atomic E-state index is 0.0820. The number of hydrogen-bond acceptors (Lipinski definition) is 2. The molecule has 1 unspecified atom stereocenters. The molecule has 2 aromatic rings. The van der Waals surface area contributed by atoms with Crippen molar-refractivity contribution in [1.29, 1.82) is 0 Å². The first-order valence-electron chi connectivity index (χ1n) is 6.11. The molecule has 1 amide bonds. The van der Waals surface area contributed by atoms with Crippen molar-refractivity contribution in [3.8, 4) is 0 Å². The minimum atomic E-state index is -0.0940. The molecule has 0 aliphatic rings. The van der Waals surface area contributed by atoms with Gasteiger partial charge in [0, 0.05) is 12.2 Å². The van der Waals surface area contributed by atoms with Crippen LogP contribution in [0.2, 0.25) is 0 Å². The van der Waals surface area contributed by atoms with Gasteiger partial charge in [0.2, 0.25) is 0 Å². The average Bonchev–Trinajstić information content (AvgIpc) is 2.40. The number of nitrogens with one attached hydrogen (secondary N) is 1. The average molecular weight is 319 g/mol. The highest BCUT2D eigenvalue weighted by atomic mass is 79.9. The van der Waals surface area contributed by atoms with Gasteiger partial charge in [-0.05, 0) is 47.0 Å². The lowest BCUT2D eigenvalue weighted by molar-refractivity contribution is 0.0939. The van der Waals surface area contributed by atoms with E-state index in [1.807, 2.05) is 25.1 Å². The maximum absolute atomic E-state index is 12.0. The molecule has 1 aromatic carbocycles. The van der Waals surface area contributed by atoms with E-state index in [1.54, 1.807) is 18.3 Å². The molecule has 19 heavy (non-hydrogen) atoms. The summed E-state index contributed by atoms with van der Waals surface area (Å²) in [6.07, 6.45) is 2.38. The summed E-state index contributed by atoms with van der Waals surface area (Å²) in [5, 5.41) is 2.97. The van der Waals surface area contributed by atoms with Gasteiger partial charge in [-0.2, -0.15) is 0 Å². The van der Waals surface area contributed by atoms with Crippen LogP contribution in [0.3, 0.4) is 0 Å². The van der Waals surface area contributed by atoms with E-state index < -0.39 is 0 Å². The van der Waals surface area contributed by atoms with Crippen LogP contribution in [-0.2, 0) is 6.42 Å². The fourth-order valence-corrected chi connectivity index (χ4v) is 2.07. The number of halogens is 1. The van der Waals surface area contributed by atoms with Crippen LogP contribution in [0, 0.1) is 0 Å². The number of carbonyl (C=O) groups is 1. The predicted molar refractivity (Wildman–Crippen MR) is 79.0 cm³/mol. The van der Waals surface area contributed by atoms with Crippen LogP contribution in [0.15, 0.2) is 53.3 Å². The van der Waals surface area contributed by atoms with Crippen molar-refractivity contribution < 1.29 is 4.79 Å². The normalized spacial score (nSPS) is 11.9. The molecular weight excluding hydrogens is 304 g/mol. The molecule has 1 heterocycles. The van der Waals surface area contributed by atoms with Gasteiger partial charge < -0.3 is 5.32 Å². The quantitative estimate of drug-likeness (QED) is 0.879. The summed E-state index contributed by atoms with van der Waals surface area (Å²) in [6, 6.07) is 13.7. The molecule has 1 N–H and O–H groups in total. The summed E-state index contributed by atoms with van der Waals surface area (Å²) >= 11 is 3.25. The van der Waals surface area contributed by atoms with E-state index in [1.165, 1.54) is 5.56 Å². The number of carbonyl (C=O) groups excluding carboxylic acids is 1. The maximum Gasteiger partial charge on any atom is 0.253 e. The smallest absolute Gasteiger partial charge is 0.253 e. The molecule has 98 valence electrons. The van der Waals surface area contributed by atoms with Crippen LogP contribution >= 0.6 is 15.9 Å². The molecule has 4 heteroatoms. The molecule has 0 saturated heterocycles. The molecular formula is C15H15BrN2O. The number of pyridine rings is 1. The Balaban J connectivity index is 1.93. The van der Waals surface area contributed by atoms with Gasteiger partial charge in [-0.15, -0.1) is 0 Å². The van der Waals surface area contributed by atoms with Gasteiger partial charge in [-0.25, -0.2) is 4.98 Å². The van der Waals surface area contributed by atoms with Gasteiger partial charge in [0.25, 0.3) is 5.91 Å². The third-order valence-electron chi connectivity index (χ3n) is 2.75. The van der Waals surface area contributed by atoms with Gasteiger partial charge in [-0.1, -0.05) is 30.3 Å². The number of rotatable bonds is 4. The van der Waals surface area contributed by atoms with E-state index in [4.69, 9.17) is 0 Å². The number of aromatic nitrogens is 1. The molecule has 2 rings (SSSR count). The van der Waals surface area contributed by atoms with Crippen LogP contribution in [0.5, 0.6) is 0 Å². The van der Waals surface area contributed by atoms with Crippen LogP contribution in [0.25, 0.3) is 0 Å². The van der Waals surface area contributed by atoms with Crippen molar-refractivity contribution in [2.75, 3.05) is 0 Å². The molecule has 0 fully saturated rings. The SMILES string of the molecule is CC(Cc1ccccc1)NC(=O)c1ccc(Br)nc1. The Morgan fingerprint density at radius 2 is 2.00 bits per heavy atom. The van der Waals surface area contributed by atoms with Crippen molar-refractivity contribution in [3.05, 3.63) is 64.4 Å². The van der Waals surface area contributed by atoms with Gasteiger partial charge in [0.15, 0.2) is 0 Å². The molecule has 0 aliphatic heterocycles. The van der Waals surface area contributed by atoms with Crippen molar-refractivity contribution in [1.82, 2.24) is 10.3 Å². The summed E-state index contributed by atoms with van der Waals surface area (Å²) < 4.78 is 0.724. The Labute approximate surface area is 121 Å². The van der Waals surface area contributed by atoms with Crippen LogP contribution < -0.4 is 5.32 Å². The number of benzene rings is 1. The van der Waals surface area contributed by atoms with E-state index in [-0.39, 0.29) is 11.9 Å². The second kappa shape index (κ2) is 6.48. The Bertz CT molecular complexity index is 540. The Hall–Kier alpha value is -1.68. The van der Waals surface area contributed by atoms with Crippen molar-refractivity contribution in [3.63, 3.8) is 0 Å². The molecule has 0 radical (unpaired) electrons. The second-order valence-corrected chi connectivity index (χ2v) is 5.25. The maximum atomic E-state index is 12.0. The molecule has 0 saturated carbocycles. The van der Waals surface area contributed by atoms with E-state index in [0.29, 0.717) is 5.56 Å². The van der Waals surface area contributed by atoms with E-state index >= 15 is 0 Å². The fraction of sp³-hybridized carbons (Fsp3) is 0.200. The number of nitrogens with zero attached hydrogens (tertiary/aromatic N) is 1. The zero-order valence-electron chi connectivity index (χ0n) is 10.6. The standard InChI is InChI=1S/C15H15BrN2O/c1-11(9-12-5-3-2-4-6-12)18-15(19)13-7-8-14(16)17-10-13/h2-8,10-11H,9H2,1H3,(H,18,19). The first kappa shape index (κ1) is 13.7. The Morgan fingerprint density at radius 3 is 2.63 bits per heavy atom. The summed E-state index contributed by atoms with van der Waals surface area (Å²) in [4.78, 5) is 16.0. The highest BCUT2D eigenvalue weighted by molar-refractivity contribution is 9.10. The predicted octanol–water partition coefficient (Wildman–Crippen LogP) is 3.21. The topological polar surface area (TPSA) is 42.0 Å². The fourth-order valence-electron chi connectivity index (χ4n) is 1.84. The van der Waals surface area contributed by atoms with Crippen molar-refractivity contribution >= 4 is 21.8 Å².